The summed E-state index contributed by atoms with van der Waals surface area (Å²) in [5.74, 6) is 1.13. The van der Waals surface area contributed by atoms with Gasteiger partial charge in [-0.15, -0.1) is 0 Å². The first kappa shape index (κ1) is 13.1. The van der Waals surface area contributed by atoms with Crippen LogP contribution in [-0.2, 0) is 7.05 Å². The zero-order valence-electron chi connectivity index (χ0n) is 11.4. The molecule has 0 N–H and O–H groups in total. The van der Waals surface area contributed by atoms with Crippen molar-refractivity contribution < 1.29 is 14.3 Å². The van der Waals surface area contributed by atoms with E-state index in [1.54, 1.807) is 31.0 Å². The molecule has 0 amide bonds. The molecule has 0 spiro atoms. The van der Waals surface area contributed by atoms with Crippen LogP contribution >= 0.6 is 0 Å². The van der Waals surface area contributed by atoms with Gasteiger partial charge in [0.05, 0.1) is 19.9 Å². The lowest BCUT2D eigenvalue weighted by molar-refractivity contribution is 0.112. The first-order valence-corrected chi connectivity index (χ1v) is 5.82. The average molecular weight is 260 g/mol. The number of carbonyl (C=O) groups is 1. The number of nitrogens with zero attached hydrogens (tertiary/aromatic N) is 2. The smallest absolute Gasteiger partial charge is 0.161 e. The molecule has 19 heavy (non-hydrogen) atoms. The molecule has 0 aliphatic carbocycles. The lowest BCUT2D eigenvalue weighted by Gasteiger charge is -2.11. The van der Waals surface area contributed by atoms with Crippen molar-refractivity contribution in [3.8, 4) is 22.6 Å². The largest absolute Gasteiger partial charge is 0.493 e. The van der Waals surface area contributed by atoms with Crippen molar-refractivity contribution in [1.29, 1.82) is 0 Å². The van der Waals surface area contributed by atoms with E-state index in [-0.39, 0.29) is 0 Å². The Kier molecular flexibility index (Phi) is 3.55. The molecule has 100 valence electrons. The second-order valence-corrected chi connectivity index (χ2v) is 4.21. The number of aromatic nitrogens is 2. The summed E-state index contributed by atoms with van der Waals surface area (Å²) in [7, 11) is 4.96. The molecule has 5 heteroatoms. The number of hydrogen-bond donors (Lipinski definition) is 0. The highest BCUT2D eigenvalue weighted by Crippen LogP contribution is 2.35. The molecule has 0 atom stereocenters. The van der Waals surface area contributed by atoms with Gasteiger partial charge in [0.2, 0.25) is 0 Å². The fourth-order valence-electron chi connectivity index (χ4n) is 2.09. The van der Waals surface area contributed by atoms with Crippen molar-refractivity contribution in [2.45, 2.75) is 6.92 Å². The summed E-state index contributed by atoms with van der Waals surface area (Å²) >= 11 is 0. The molecule has 0 saturated carbocycles. The normalized spacial score (nSPS) is 10.3. The molecule has 1 aromatic carbocycles. The SMILES string of the molecule is COc1cc(C=O)c(-c2cn(C)nc2C)cc1OC. The fourth-order valence-corrected chi connectivity index (χ4v) is 2.09. The lowest BCUT2D eigenvalue weighted by atomic mass is 10.0. The molecule has 0 saturated heterocycles. The quantitative estimate of drug-likeness (QED) is 0.791. The fraction of sp³-hybridized carbons (Fsp3) is 0.286. The molecular formula is C14H16N2O3. The molecule has 0 fully saturated rings. The standard InChI is InChI=1S/C14H16N2O3/c1-9-12(7-16(2)15-9)11-6-14(19-4)13(18-3)5-10(11)8-17/h5-8H,1-4H3. The third kappa shape index (κ3) is 2.31. The van der Waals surface area contributed by atoms with E-state index in [4.69, 9.17) is 9.47 Å². The van der Waals surface area contributed by atoms with Gasteiger partial charge in [-0.3, -0.25) is 9.48 Å². The molecule has 0 bridgehead atoms. The zero-order valence-corrected chi connectivity index (χ0v) is 11.4. The number of methoxy groups -OCH3 is 2. The summed E-state index contributed by atoms with van der Waals surface area (Å²) in [5.41, 5.74) is 3.11. The van der Waals surface area contributed by atoms with Crippen molar-refractivity contribution >= 4 is 6.29 Å². The van der Waals surface area contributed by atoms with Crippen LogP contribution in [0, 0.1) is 6.92 Å². The van der Waals surface area contributed by atoms with Crippen LogP contribution in [0.4, 0.5) is 0 Å². The second kappa shape index (κ2) is 5.14. The van der Waals surface area contributed by atoms with Crippen molar-refractivity contribution in [2.24, 2.45) is 7.05 Å². The van der Waals surface area contributed by atoms with Crippen LogP contribution < -0.4 is 9.47 Å². The highest BCUT2D eigenvalue weighted by Gasteiger charge is 2.15. The molecule has 0 aliphatic heterocycles. The van der Waals surface area contributed by atoms with Crippen LogP contribution in [0.15, 0.2) is 18.3 Å². The van der Waals surface area contributed by atoms with Gasteiger partial charge >= 0.3 is 0 Å². The highest BCUT2D eigenvalue weighted by molar-refractivity contribution is 5.89. The molecule has 0 unspecified atom stereocenters. The van der Waals surface area contributed by atoms with E-state index in [1.807, 2.05) is 20.2 Å². The third-order valence-corrected chi connectivity index (χ3v) is 2.99. The molecule has 1 aromatic heterocycles. The van der Waals surface area contributed by atoms with Gasteiger partial charge in [-0.1, -0.05) is 0 Å². The minimum Gasteiger partial charge on any atom is -0.493 e. The predicted octanol–water partition coefficient (Wildman–Crippen LogP) is 2.23. The van der Waals surface area contributed by atoms with Crippen LogP contribution in [0.5, 0.6) is 11.5 Å². The topological polar surface area (TPSA) is 53.4 Å². The van der Waals surface area contributed by atoms with E-state index >= 15 is 0 Å². The number of carbonyl (C=O) groups excluding carboxylic acids is 1. The molecule has 1 heterocycles. The molecule has 0 radical (unpaired) electrons. The minimum atomic E-state index is 0.537. The van der Waals surface area contributed by atoms with Gasteiger partial charge in [-0.25, -0.2) is 0 Å². The molecular weight excluding hydrogens is 244 g/mol. The summed E-state index contributed by atoms with van der Waals surface area (Å²) < 4.78 is 12.2. The summed E-state index contributed by atoms with van der Waals surface area (Å²) in [6.07, 6.45) is 2.69. The first-order chi connectivity index (χ1) is 9.10. The van der Waals surface area contributed by atoms with E-state index in [0.717, 1.165) is 23.1 Å². The van der Waals surface area contributed by atoms with Gasteiger partial charge in [-0.05, 0) is 24.6 Å². The van der Waals surface area contributed by atoms with E-state index in [2.05, 4.69) is 5.10 Å². The third-order valence-electron chi connectivity index (χ3n) is 2.99. The van der Waals surface area contributed by atoms with Crippen molar-refractivity contribution in [3.63, 3.8) is 0 Å². The number of rotatable bonds is 4. The van der Waals surface area contributed by atoms with Gasteiger partial charge in [-0.2, -0.15) is 5.10 Å². The van der Waals surface area contributed by atoms with Gasteiger partial charge in [0.1, 0.15) is 0 Å². The number of ether oxygens (including phenoxy) is 2. The van der Waals surface area contributed by atoms with Gasteiger partial charge < -0.3 is 9.47 Å². The summed E-state index contributed by atoms with van der Waals surface area (Å²) in [4.78, 5) is 11.3. The van der Waals surface area contributed by atoms with E-state index in [0.29, 0.717) is 17.1 Å². The van der Waals surface area contributed by atoms with Gasteiger partial charge in [0, 0.05) is 24.4 Å². The van der Waals surface area contributed by atoms with Crippen LogP contribution in [0.25, 0.3) is 11.1 Å². The molecule has 5 nitrogen and oxygen atoms in total. The van der Waals surface area contributed by atoms with Crippen LogP contribution in [0.3, 0.4) is 0 Å². The maximum atomic E-state index is 11.3. The Bertz CT molecular complexity index is 617. The Morgan fingerprint density at radius 1 is 1.16 bits per heavy atom. The first-order valence-electron chi connectivity index (χ1n) is 5.82. The Morgan fingerprint density at radius 2 is 1.79 bits per heavy atom. The summed E-state index contributed by atoms with van der Waals surface area (Å²) in [5, 5.41) is 4.29. The zero-order chi connectivity index (χ0) is 14.0. The monoisotopic (exact) mass is 260 g/mol. The summed E-state index contributed by atoms with van der Waals surface area (Å²) in [6, 6.07) is 3.47. The Labute approximate surface area is 111 Å². The Balaban J connectivity index is 2.68. The van der Waals surface area contributed by atoms with Crippen molar-refractivity contribution in [2.75, 3.05) is 14.2 Å². The van der Waals surface area contributed by atoms with Crippen molar-refractivity contribution in [3.05, 3.63) is 29.6 Å². The van der Waals surface area contributed by atoms with Crippen molar-refractivity contribution in [1.82, 2.24) is 9.78 Å². The minimum absolute atomic E-state index is 0.537. The number of aryl methyl sites for hydroxylation is 2. The summed E-state index contributed by atoms with van der Waals surface area (Å²) in [6.45, 7) is 1.90. The van der Waals surface area contributed by atoms with Crippen LogP contribution in [0.1, 0.15) is 16.1 Å². The number of aldehydes is 1. The average Bonchev–Trinajstić information content (AvgIpc) is 2.75. The van der Waals surface area contributed by atoms with Crippen LogP contribution in [0.2, 0.25) is 0 Å². The lowest BCUT2D eigenvalue weighted by Crippen LogP contribution is -1.95. The molecule has 0 aliphatic rings. The van der Waals surface area contributed by atoms with E-state index in [1.165, 1.54) is 0 Å². The Hall–Kier alpha value is -2.30. The van der Waals surface area contributed by atoms with Gasteiger partial charge in [0.25, 0.3) is 0 Å². The number of hydrogen-bond acceptors (Lipinski definition) is 4. The van der Waals surface area contributed by atoms with E-state index < -0.39 is 0 Å². The highest BCUT2D eigenvalue weighted by atomic mass is 16.5. The Morgan fingerprint density at radius 3 is 2.26 bits per heavy atom. The predicted molar refractivity (Wildman–Crippen MR) is 71.9 cm³/mol. The van der Waals surface area contributed by atoms with Crippen LogP contribution in [-0.4, -0.2) is 30.3 Å². The number of benzene rings is 1. The molecule has 2 aromatic rings. The maximum Gasteiger partial charge on any atom is 0.161 e. The maximum absolute atomic E-state index is 11.3. The van der Waals surface area contributed by atoms with Gasteiger partial charge in [0.15, 0.2) is 17.8 Å². The van der Waals surface area contributed by atoms with E-state index in [9.17, 15) is 4.79 Å². The second-order valence-electron chi connectivity index (χ2n) is 4.21. The molecule has 2 rings (SSSR count).